The van der Waals surface area contributed by atoms with Gasteiger partial charge in [0.05, 0.1) is 4.88 Å². The molecule has 6 heteroatoms. The van der Waals surface area contributed by atoms with E-state index in [1.807, 2.05) is 0 Å². The van der Waals surface area contributed by atoms with Crippen LogP contribution in [0.3, 0.4) is 0 Å². The third-order valence-corrected chi connectivity index (χ3v) is 6.50. The molecule has 1 aromatic rings. The monoisotopic (exact) mass is 334 g/mol. The van der Waals surface area contributed by atoms with Crippen LogP contribution >= 0.6 is 11.5 Å². The lowest BCUT2D eigenvalue weighted by Gasteiger charge is -2.57. The van der Waals surface area contributed by atoms with Gasteiger partial charge in [0.15, 0.2) is 5.69 Å². The van der Waals surface area contributed by atoms with Crippen molar-refractivity contribution in [3.05, 3.63) is 10.6 Å². The van der Waals surface area contributed by atoms with Gasteiger partial charge in [-0.2, -0.15) is 0 Å². The molecule has 1 saturated carbocycles. The Bertz CT molecular complexity index is 597. The smallest absolute Gasteiger partial charge is 0.275 e. The van der Waals surface area contributed by atoms with Crippen LogP contribution in [0.5, 0.6) is 0 Å². The third kappa shape index (κ3) is 2.80. The molecule has 3 fully saturated rings. The standard InChI is InChI=1S/C17H26N4OS/c1-12(2)10-21-9-7-17(21)6-3-8-20(11-17)16(22)14-15(13-4-5-13)23-19-18-14/h12-13H,3-11H2,1-2H3. The number of hydrogen-bond donors (Lipinski definition) is 0. The minimum Gasteiger partial charge on any atom is -0.335 e. The van der Waals surface area contributed by atoms with Crippen LogP contribution < -0.4 is 0 Å². The summed E-state index contributed by atoms with van der Waals surface area (Å²) in [5.74, 6) is 1.35. The quantitative estimate of drug-likeness (QED) is 0.849. The summed E-state index contributed by atoms with van der Waals surface area (Å²) in [4.78, 5) is 18.8. The maximum absolute atomic E-state index is 13.0. The molecule has 3 heterocycles. The first-order valence-corrected chi connectivity index (χ1v) is 9.73. The Morgan fingerprint density at radius 3 is 2.83 bits per heavy atom. The Kier molecular flexibility index (Phi) is 3.92. The molecule has 1 aromatic heterocycles. The van der Waals surface area contributed by atoms with Crippen molar-refractivity contribution in [2.75, 3.05) is 26.2 Å². The van der Waals surface area contributed by atoms with Gasteiger partial charge in [-0.1, -0.05) is 18.3 Å². The molecule has 2 aliphatic heterocycles. The van der Waals surface area contributed by atoms with Gasteiger partial charge >= 0.3 is 0 Å². The largest absolute Gasteiger partial charge is 0.335 e. The predicted octanol–water partition coefficient (Wildman–Crippen LogP) is 2.75. The molecule has 126 valence electrons. The van der Waals surface area contributed by atoms with Gasteiger partial charge in [0.2, 0.25) is 0 Å². The van der Waals surface area contributed by atoms with E-state index < -0.39 is 0 Å². The molecule has 4 rings (SSSR count). The van der Waals surface area contributed by atoms with Gasteiger partial charge in [0.1, 0.15) is 0 Å². The average Bonchev–Trinajstić information content (AvgIpc) is 3.28. The number of likely N-dealkylation sites (tertiary alicyclic amines) is 2. The summed E-state index contributed by atoms with van der Waals surface area (Å²) < 4.78 is 4.06. The molecule has 0 N–H and O–H groups in total. The lowest BCUT2D eigenvalue weighted by Crippen LogP contribution is -2.68. The van der Waals surface area contributed by atoms with E-state index >= 15 is 0 Å². The van der Waals surface area contributed by atoms with Gasteiger partial charge < -0.3 is 4.90 Å². The molecular formula is C17H26N4OS. The number of aromatic nitrogens is 2. The van der Waals surface area contributed by atoms with Gasteiger partial charge in [0.25, 0.3) is 5.91 Å². The Morgan fingerprint density at radius 2 is 2.17 bits per heavy atom. The molecule has 1 amide bonds. The van der Waals surface area contributed by atoms with Crippen LogP contribution in [0.25, 0.3) is 0 Å². The molecule has 2 saturated heterocycles. The molecule has 0 radical (unpaired) electrons. The second kappa shape index (κ2) is 5.81. The van der Waals surface area contributed by atoms with Crippen LogP contribution in [0, 0.1) is 5.92 Å². The van der Waals surface area contributed by atoms with E-state index in [2.05, 4.69) is 33.2 Å². The highest BCUT2D eigenvalue weighted by molar-refractivity contribution is 7.06. The normalized spacial score (nSPS) is 28.4. The van der Waals surface area contributed by atoms with Crippen LogP contribution in [-0.4, -0.2) is 57.0 Å². The SMILES string of the molecule is CC(C)CN1CCC12CCCN(C(=O)c1nnsc1C1CC1)C2. The van der Waals surface area contributed by atoms with Crippen molar-refractivity contribution in [3.8, 4) is 0 Å². The molecule has 1 spiro atoms. The zero-order valence-electron chi connectivity index (χ0n) is 14.1. The predicted molar refractivity (Wildman–Crippen MR) is 90.8 cm³/mol. The molecule has 3 aliphatic rings. The molecule has 1 unspecified atom stereocenters. The minimum absolute atomic E-state index is 0.121. The van der Waals surface area contributed by atoms with Gasteiger partial charge in [0, 0.05) is 31.7 Å². The second-order valence-corrected chi connectivity index (χ2v) is 8.69. The molecule has 0 bridgehead atoms. The molecule has 5 nitrogen and oxygen atoms in total. The van der Waals surface area contributed by atoms with Gasteiger partial charge in [-0.25, -0.2) is 0 Å². The molecule has 1 atom stereocenters. The van der Waals surface area contributed by atoms with Crippen molar-refractivity contribution in [2.24, 2.45) is 5.92 Å². The van der Waals surface area contributed by atoms with Crippen molar-refractivity contribution in [1.29, 1.82) is 0 Å². The highest BCUT2D eigenvalue weighted by Crippen LogP contribution is 2.44. The lowest BCUT2D eigenvalue weighted by atomic mass is 9.77. The minimum atomic E-state index is 0.121. The van der Waals surface area contributed by atoms with Gasteiger partial charge in [-0.05, 0) is 55.5 Å². The summed E-state index contributed by atoms with van der Waals surface area (Å²) in [6, 6.07) is 0. The first-order chi connectivity index (χ1) is 11.1. The Balaban J connectivity index is 1.49. The molecule has 0 aromatic carbocycles. The van der Waals surface area contributed by atoms with Crippen molar-refractivity contribution >= 4 is 17.4 Å². The lowest BCUT2D eigenvalue weighted by molar-refractivity contribution is -0.0649. The van der Waals surface area contributed by atoms with Crippen LogP contribution in [-0.2, 0) is 0 Å². The fraction of sp³-hybridized carbons (Fsp3) is 0.824. The van der Waals surface area contributed by atoms with E-state index in [-0.39, 0.29) is 11.4 Å². The average molecular weight is 334 g/mol. The van der Waals surface area contributed by atoms with E-state index in [1.165, 1.54) is 43.8 Å². The fourth-order valence-corrected chi connectivity index (χ4v) is 4.98. The Labute approximate surface area is 142 Å². The Morgan fingerprint density at radius 1 is 1.35 bits per heavy atom. The van der Waals surface area contributed by atoms with Crippen LogP contribution in [0.2, 0.25) is 0 Å². The zero-order chi connectivity index (χ0) is 16.0. The van der Waals surface area contributed by atoms with E-state index in [0.717, 1.165) is 30.9 Å². The fourth-order valence-electron chi connectivity index (χ4n) is 4.17. The van der Waals surface area contributed by atoms with E-state index in [0.29, 0.717) is 17.5 Å². The number of amides is 1. The first-order valence-electron chi connectivity index (χ1n) is 8.96. The van der Waals surface area contributed by atoms with E-state index in [4.69, 9.17) is 0 Å². The summed E-state index contributed by atoms with van der Waals surface area (Å²) in [5.41, 5.74) is 0.880. The van der Waals surface area contributed by atoms with Gasteiger partial charge in [-0.15, -0.1) is 5.10 Å². The second-order valence-electron chi connectivity index (χ2n) is 7.90. The number of piperidine rings is 1. The van der Waals surface area contributed by atoms with Crippen LogP contribution in [0.4, 0.5) is 0 Å². The third-order valence-electron chi connectivity index (χ3n) is 5.61. The molecule has 1 aliphatic carbocycles. The van der Waals surface area contributed by atoms with Crippen LogP contribution in [0.1, 0.15) is 67.2 Å². The maximum atomic E-state index is 13.0. The topological polar surface area (TPSA) is 49.3 Å². The Hall–Kier alpha value is -1.01. The summed E-state index contributed by atoms with van der Waals surface area (Å²) in [7, 11) is 0. The summed E-state index contributed by atoms with van der Waals surface area (Å²) in [6.07, 6.45) is 5.95. The number of nitrogens with zero attached hydrogens (tertiary/aromatic N) is 4. The molecular weight excluding hydrogens is 308 g/mol. The van der Waals surface area contributed by atoms with Crippen molar-refractivity contribution in [2.45, 2.75) is 57.4 Å². The van der Waals surface area contributed by atoms with E-state index in [1.54, 1.807) is 0 Å². The van der Waals surface area contributed by atoms with Crippen molar-refractivity contribution in [1.82, 2.24) is 19.4 Å². The summed E-state index contributed by atoms with van der Waals surface area (Å²) in [6.45, 7) is 8.64. The van der Waals surface area contributed by atoms with E-state index in [9.17, 15) is 4.79 Å². The highest BCUT2D eigenvalue weighted by atomic mass is 32.1. The number of hydrogen-bond acceptors (Lipinski definition) is 5. The molecule has 23 heavy (non-hydrogen) atoms. The zero-order valence-corrected chi connectivity index (χ0v) is 14.9. The summed E-state index contributed by atoms with van der Waals surface area (Å²) in [5, 5.41) is 4.18. The highest BCUT2D eigenvalue weighted by Gasteiger charge is 2.48. The number of carbonyl (C=O) groups is 1. The van der Waals surface area contributed by atoms with Crippen molar-refractivity contribution < 1.29 is 4.79 Å². The first kappa shape index (κ1) is 15.5. The van der Waals surface area contributed by atoms with Crippen LogP contribution in [0.15, 0.2) is 0 Å². The number of carbonyl (C=O) groups excluding carboxylic acids is 1. The summed E-state index contributed by atoms with van der Waals surface area (Å²) >= 11 is 1.42. The van der Waals surface area contributed by atoms with Gasteiger partial charge in [-0.3, -0.25) is 9.69 Å². The van der Waals surface area contributed by atoms with Crippen molar-refractivity contribution in [3.63, 3.8) is 0 Å². The maximum Gasteiger partial charge on any atom is 0.275 e. The number of rotatable bonds is 4.